The zero-order valence-corrected chi connectivity index (χ0v) is 18.6. The van der Waals surface area contributed by atoms with Gasteiger partial charge in [0.1, 0.15) is 5.75 Å². The van der Waals surface area contributed by atoms with E-state index in [0.717, 1.165) is 42.5 Å². The summed E-state index contributed by atoms with van der Waals surface area (Å²) >= 11 is 0. The molecule has 32 heavy (non-hydrogen) atoms. The number of rotatable bonds is 5. The van der Waals surface area contributed by atoms with Gasteiger partial charge in [-0.15, -0.1) is 0 Å². The molecule has 0 spiro atoms. The van der Waals surface area contributed by atoms with Crippen molar-refractivity contribution >= 4 is 22.8 Å². The third-order valence-corrected chi connectivity index (χ3v) is 6.47. The Kier molecular flexibility index (Phi) is 5.07. The van der Waals surface area contributed by atoms with Crippen LogP contribution >= 0.6 is 0 Å². The molecule has 3 heterocycles. The second-order valence-electron chi connectivity index (χ2n) is 8.54. The zero-order chi connectivity index (χ0) is 22.4. The van der Waals surface area contributed by atoms with Gasteiger partial charge in [-0.2, -0.15) is 5.10 Å². The maximum atomic E-state index is 13.4. The molecule has 1 unspecified atom stereocenters. The van der Waals surface area contributed by atoms with Gasteiger partial charge in [0.15, 0.2) is 5.65 Å². The first-order chi connectivity index (χ1) is 15.5. The van der Waals surface area contributed by atoms with Crippen molar-refractivity contribution in [2.75, 3.05) is 20.7 Å². The monoisotopic (exact) mass is 433 g/mol. The molecule has 2 fully saturated rings. The number of benzene rings is 1. The predicted octanol–water partition coefficient (Wildman–Crippen LogP) is 3.19. The third-order valence-electron chi connectivity index (χ3n) is 6.47. The van der Waals surface area contributed by atoms with Gasteiger partial charge < -0.3 is 15.0 Å². The average molecular weight is 434 g/mol. The number of methoxy groups -OCH3 is 1. The van der Waals surface area contributed by atoms with Crippen LogP contribution < -0.4 is 10.1 Å². The number of nitrogens with zero attached hydrogens (tertiary/aromatic N) is 4. The van der Waals surface area contributed by atoms with E-state index >= 15 is 0 Å². The molecular formula is C24H27N5O3. The minimum absolute atomic E-state index is 0.0435. The van der Waals surface area contributed by atoms with E-state index in [1.54, 1.807) is 43.1 Å². The summed E-state index contributed by atoms with van der Waals surface area (Å²) in [6.07, 6.45) is 3.88. The van der Waals surface area contributed by atoms with Crippen molar-refractivity contribution in [1.82, 2.24) is 25.0 Å². The molecule has 0 radical (unpaired) electrons. The van der Waals surface area contributed by atoms with Crippen molar-refractivity contribution in [3.63, 3.8) is 0 Å². The van der Waals surface area contributed by atoms with E-state index in [1.165, 1.54) is 0 Å². The lowest BCUT2D eigenvalue weighted by atomic mass is 10.0. The van der Waals surface area contributed by atoms with Gasteiger partial charge in [0.2, 0.25) is 0 Å². The standard InChI is InChI=1S/C24H27N5O3/c1-25-23(30)17-13-18(14-6-7-14)26-22-20(17)21(27-28(22)2)19-5-4-12-29(19)24(31)15-8-10-16(32-3)11-9-15/h8-11,13-14,19H,4-7,12H2,1-3H3,(H,25,30). The molecule has 3 aromatic rings. The maximum absolute atomic E-state index is 13.4. The molecule has 0 bridgehead atoms. The number of hydrogen-bond acceptors (Lipinski definition) is 5. The normalized spacial score (nSPS) is 18.2. The number of fused-ring (bicyclic) bond motifs is 1. The number of amides is 2. The van der Waals surface area contributed by atoms with Crippen molar-refractivity contribution in [2.24, 2.45) is 7.05 Å². The smallest absolute Gasteiger partial charge is 0.254 e. The Hall–Kier alpha value is -3.42. The van der Waals surface area contributed by atoms with E-state index in [4.69, 9.17) is 14.8 Å². The van der Waals surface area contributed by atoms with E-state index in [9.17, 15) is 9.59 Å². The second kappa shape index (κ2) is 7.93. The Morgan fingerprint density at radius 1 is 1.16 bits per heavy atom. The summed E-state index contributed by atoms with van der Waals surface area (Å²) in [5.74, 6) is 0.932. The lowest BCUT2D eigenvalue weighted by molar-refractivity contribution is 0.0733. The molecule has 1 saturated carbocycles. The molecule has 1 aromatic carbocycles. The average Bonchev–Trinajstić information content (AvgIpc) is 3.48. The lowest BCUT2D eigenvalue weighted by Crippen LogP contribution is -2.31. The summed E-state index contributed by atoms with van der Waals surface area (Å²) < 4.78 is 6.96. The topological polar surface area (TPSA) is 89.3 Å². The first-order valence-corrected chi connectivity index (χ1v) is 11.1. The third kappa shape index (κ3) is 3.39. The van der Waals surface area contributed by atoms with E-state index in [2.05, 4.69) is 5.32 Å². The van der Waals surface area contributed by atoms with Crippen molar-refractivity contribution in [3.05, 3.63) is 52.8 Å². The number of ether oxygens (including phenoxy) is 1. The Morgan fingerprint density at radius 2 is 1.91 bits per heavy atom. The lowest BCUT2D eigenvalue weighted by Gasteiger charge is -2.24. The Balaban J connectivity index is 1.58. The van der Waals surface area contributed by atoms with Gasteiger partial charge in [0.05, 0.1) is 29.8 Å². The molecule has 1 N–H and O–H groups in total. The second-order valence-corrected chi connectivity index (χ2v) is 8.54. The number of nitrogens with one attached hydrogen (secondary N) is 1. The molecule has 8 nitrogen and oxygen atoms in total. The number of carbonyl (C=O) groups is 2. The molecule has 1 aliphatic heterocycles. The molecule has 5 rings (SSSR count). The van der Waals surface area contributed by atoms with Gasteiger partial charge in [-0.25, -0.2) is 4.98 Å². The van der Waals surface area contributed by atoms with E-state index in [0.29, 0.717) is 35.0 Å². The number of aryl methyl sites for hydroxylation is 1. The molecule has 2 amide bonds. The molecular weight excluding hydrogens is 406 g/mol. The van der Waals surface area contributed by atoms with Crippen molar-refractivity contribution < 1.29 is 14.3 Å². The molecule has 1 saturated heterocycles. The predicted molar refractivity (Wildman–Crippen MR) is 120 cm³/mol. The van der Waals surface area contributed by atoms with Crippen LogP contribution in [0.3, 0.4) is 0 Å². The zero-order valence-electron chi connectivity index (χ0n) is 18.6. The van der Waals surface area contributed by atoms with Gasteiger partial charge in [-0.3, -0.25) is 14.3 Å². The minimum Gasteiger partial charge on any atom is -0.497 e. The Labute approximate surface area is 186 Å². The van der Waals surface area contributed by atoms with E-state index < -0.39 is 0 Å². The molecule has 2 aliphatic rings. The Bertz CT molecular complexity index is 1200. The minimum atomic E-state index is -0.203. The van der Waals surface area contributed by atoms with Crippen LogP contribution in [0, 0.1) is 0 Å². The van der Waals surface area contributed by atoms with Crippen molar-refractivity contribution in [1.29, 1.82) is 0 Å². The summed E-state index contributed by atoms with van der Waals surface area (Å²) in [7, 11) is 5.09. The summed E-state index contributed by atoms with van der Waals surface area (Å²) in [5.41, 5.74) is 3.59. The Morgan fingerprint density at radius 3 is 2.56 bits per heavy atom. The molecule has 166 valence electrons. The van der Waals surface area contributed by atoms with E-state index in [1.807, 2.05) is 18.0 Å². The van der Waals surface area contributed by atoms with Gasteiger partial charge in [0.25, 0.3) is 11.8 Å². The largest absolute Gasteiger partial charge is 0.497 e. The van der Waals surface area contributed by atoms with Crippen LogP contribution in [-0.4, -0.2) is 52.2 Å². The fourth-order valence-electron chi connectivity index (χ4n) is 4.63. The number of pyridine rings is 1. The van der Waals surface area contributed by atoms with Crippen LogP contribution in [0.4, 0.5) is 0 Å². The number of likely N-dealkylation sites (tertiary alicyclic amines) is 1. The SMILES string of the molecule is CNC(=O)c1cc(C2CC2)nc2c1c(C1CCCN1C(=O)c1ccc(OC)cc1)nn2C. The number of carbonyl (C=O) groups excluding carboxylic acids is 2. The van der Waals surface area contributed by atoms with Crippen LogP contribution in [0.5, 0.6) is 5.75 Å². The van der Waals surface area contributed by atoms with Gasteiger partial charge in [0, 0.05) is 37.8 Å². The van der Waals surface area contributed by atoms with Gasteiger partial charge >= 0.3 is 0 Å². The van der Waals surface area contributed by atoms with Gasteiger partial charge in [-0.1, -0.05) is 0 Å². The molecule has 2 aromatic heterocycles. The maximum Gasteiger partial charge on any atom is 0.254 e. The highest BCUT2D eigenvalue weighted by Gasteiger charge is 2.36. The quantitative estimate of drug-likeness (QED) is 0.668. The summed E-state index contributed by atoms with van der Waals surface area (Å²) in [6.45, 7) is 0.649. The van der Waals surface area contributed by atoms with Crippen LogP contribution in [0.25, 0.3) is 11.0 Å². The highest BCUT2D eigenvalue weighted by molar-refractivity contribution is 6.07. The van der Waals surface area contributed by atoms with Gasteiger partial charge in [-0.05, 0) is 56.0 Å². The number of aromatic nitrogens is 3. The van der Waals surface area contributed by atoms with Crippen molar-refractivity contribution in [3.8, 4) is 5.75 Å². The summed E-state index contributed by atoms with van der Waals surface area (Å²) in [6, 6.07) is 8.86. The van der Waals surface area contributed by atoms with Crippen LogP contribution in [0.2, 0.25) is 0 Å². The molecule has 1 aliphatic carbocycles. The van der Waals surface area contributed by atoms with Crippen LogP contribution in [-0.2, 0) is 7.05 Å². The molecule has 1 atom stereocenters. The highest BCUT2D eigenvalue weighted by atomic mass is 16.5. The fourth-order valence-corrected chi connectivity index (χ4v) is 4.63. The van der Waals surface area contributed by atoms with Crippen molar-refractivity contribution in [2.45, 2.75) is 37.6 Å². The number of hydrogen-bond donors (Lipinski definition) is 1. The molecule has 8 heteroatoms. The fraction of sp³-hybridized carbons (Fsp3) is 0.417. The first kappa shape index (κ1) is 20.5. The highest BCUT2D eigenvalue weighted by Crippen LogP contribution is 2.42. The first-order valence-electron chi connectivity index (χ1n) is 11.1. The van der Waals surface area contributed by atoms with Crippen LogP contribution in [0.1, 0.15) is 69.7 Å². The van der Waals surface area contributed by atoms with Crippen LogP contribution in [0.15, 0.2) is 30.3 Å². The summed E-state index contributed by atoms with van der Waals surface area (Å²) in [4.78, 5) is 32.9. The summed E-state index contributed by atoms with van der Waals surface area (Å²) in [5, 5.41) is 8.29. The van der Waals surface area contributed by atoms with E-state index in [-0.39, 0.29) is 17.9 Å².